The molecule has 2 aromatic heterocycles. The maximum absolute atomic E-state index is 12.7. The molecule has 1 amide bonds. The van der Waals surface area contributed by atoms with Crippen LogP contribution in [0.4, 0.5) is 0 Å². The maximum Gasteiger partial charge on any atom is 0.233 e. The number of carbonyl (C=O) groups excluding carboxylic acids is 1. The third-order valence-corrected chi connectivity index (χ3v) is 6.53. The Bertz CT molecular complexity index is 1150. The van der Waals surface area contributed by atoms with E-state index in [2.05, 4.69) is 22.3 Å². The van der Waals surface area contributed by atoms with Gasteiger partial charge in [0, 0.05) is 18.5 Å². The number of amides is 1. The van der Waals surface area contributed by atoms with E-state index in [0.717, 1.165) is 47.6 Å². The number of thioether (sulfide) groups is 1. The van der Waals surface area contributed by atoms with Crippen LogP contribution in [0.1, 0.15) is 24.8 Å². The maximum atomic E-state index is 12.7. The Hall–Kier alpha value is -3.06. The summed E-state index contributed by atoms with van der Waals surface area (Å²) in [5.74, 6) is 1.89. The SMILES string of the molecule is O=C(CSc1nnc(-c2cc3ccccc3o2)n1Cc1ccccc1)N1CCCCC1. The fourth-order valence-corrected chi connectivity index (χ4v) is 4.78. The van der Waals surface area contributed by atoms with Crippen molar-refractivity contribution in [3.05, 3.63) is 66.2 Å². The number of hydrogen-bond acceptors (Lipinski definition) is 5. The zero-order chi connectivity index (χ0) is 21.0. The second-order valence-corrected chi connectivity index (χ2v) is 8.70. The summed E-state index contributed by atoms with van der Waals surface area (Å²) in [6.45, 7) is 2.33. The molecule has 1 fully saturated rings. The van der Waals surface area contributed by atoms with Gasteiger partial charge in [-0.05, 0) is 37.0 Å². The van der Waals surface area contributed by atoms with Crippen LogP contribution in [0.2, 0.25) is 0 Å². The first-order valence-electron chi connectivity index (χ1n) is 10.6. The molecule has 0 unspecified atom stereocenters. The van der Waals surface area contributed by atoms with E-state index < -0.39 is 0 Å². The topological polar surface area (TPSA) is 64.2 Å². The monoisotopic (exact) mass is 432 g/mol. The van der Waals surface area contributed by atoms with Gasteiger partial charge in [0.05, 0.1) is 12.3 Å². The van der Waals surface area contributed by atoms with Crippen LogP contribution in [0.15, 0.2) is 70.2 Å². The Morgan fingerprint density at radius 2 is 1.74 bits per heavy atom. The highest BCUT2D eigenvalue weighted by molar-refractivity contribution is 7.99. The lowest BCUT2D eigenvalue weighted by Crippen LogP contribution is -2.36. The highest BCUT2D eigenvalue weighted by Gasteiger charge is 2.21. The molecule has 0 saturated carbocycles. The molecule has 3 heterocycles. The van der Waals surface area contributed by atoms with Gasteiger partial charge in [-0.1, -0.05) is 60.3 Å². The molecule has 0 N–H and O–H groups in total. The van der Waals surface area contributed by atoms with E-state index in [4.69, 9.17) is 4.42 Å². The van der Waals surface area contributed by atoms with Gasteiger partial charge in [-0.15, -0.1) is 10.2 Å². The normalized spacial score (nSPS) is 14.3. The van der Waals surface area contributed by atoms with Crippen LogP contribution in [-0.4, -0.2) is 44.4 Å². The summed E-state index contributed by atoms with van der Waals surface area (Å²) in [5, 5.41) is 10.6. The molecule has 0 spiro atoms. The first kappa shape index (κ1) is 19.9. The van der Waals surface area contributed by atoms with E-state index >= 15 is 0 Å². The van der Waals surface area contributed by atoms with Crippen molar-refractivity contribution < 1.29 is 9.21 Å². The lowest BCUT2D eigenvalue weighted by atomic mass is 10.1. The smallest absolute Gasteiger partial charge is 0.233 e. The summed E-state index contributed by atoms with van der Waals surface area (Å²) in [7, 11) is 0. The lowest BCUT2D eigenvalue weighted by Gasteiger charge is -2.26. The number of piperidine rings is 1. The van der Waals surface area contributed by atoms with E-state index in [0.29, 0.717) is 23.9 Å². The molecule has 4 aromatic rings. The van der Waals surface area contributed by atoms with Crippen molar-refractivity contribution in [3.63, 3.8) is 0 Å². The van der Waals surface area contributed by atoms with E-state index in [1.807, 2.05) is 58.0 Å². The first-order chi connectivity index (χ1) is 15.3. The molecule has 2 aromatic carbocycles. The molecule has 6 nitrogen and oxygen atoms in total. The van der Waals surface area contributed by atoms with E-state index in [1.54, 1.807) is 0 Å². The van der Waals surface area contributed by atoms with Gasteiger partial charge in [0.15, 0.2) is 10.9 Å². The zero-order valence-corrected chi connectivity index (χ0v) is 18.1. The van der Waals surface area contributed by atoms with Gasteiger partial charge in [-0.2, -0.15) is 0 Å². The van der Waals surface area contributed by atoms with Crippen LogP contribution in [0.25, 0.3) is 22.6 Å². The van der Waals surface area contributed by atoms with Crippen LogP contribution < -0.4 is 0 Å². The van der Waals surface area contributed by atoms with Crippen LogP contribution in [0.3, 0.4) is 0 Å². The van der Waals surface area contributed by atoms with Gasteiger partial charge in [-0.3, -0.25) is 9.36 Å². The minimum Gasteiger partial charge on any atom is -0.453 e. The van der Waals surface area contributed by atoms with E-state index in [1.165, 1.54) is 18.2 Å². The third kappa shape index (κ3) is 4.37. The summed E-state index contributed by atoms with van der Waals surface area (Å²) in [4.78, 5) is 14.6. The van der Waals surface area contributed by atoms with E-state index in [9.17, 15) is 4.79 Å². The molecular formula is C24H24N4O2S. The lowest BCUT2D eigenvalue weighted by molar-refractivity contribution is -0.129. The number of likely N-dealkylation sites (tertiary alicyclic amines) is 1. The molecule has 0 bridgehead atoms. The average Bonchev–Trinajstić information content (AvgIpc) is 3.42. The number of furan rings is 1. The van der Waals surface area contributed by atoms with Gasteiger partial charge < -0.3 is 9.32 Å². The van der Waals surface area contributed by atoms with Gasteiger partial charge in [0.2, 0.25) is 11.7 Å². The number of benzene rings is 2. The van der Waals surface area contributed by atoms with Gasteiger partial charge in [-0.25, -0.2) is 0 Å². The van der Waals surface area contributed by atoms with Crippen molar-refractivity contribution in [2.75, 3.05) is 18.8 Å². The standard InChI is InChI=1S/C24H24N4O2S/c29-22(27-13-7-2-8-14-27)17-31-24-26-25-23(28(24)16-18-9-3-1-4-10-18)21-15-19-11-5-6-12-20(19)30-21/h1,3-6,9-12,15H,2,7-8,13-14,16-17H2. The minimum absolute atomic E-state index is 0.171. The Morgan fingerprint density at radius 1 is 0.968 bits per heavy atom. The molecule has 0 radical (unpaired) electrons. The molecule has 5 rings (SSSR count). The molecular weight excluding hydrogens is 408 g/mol. The number of rotatable bonds is 6. The number of nitrogens with zero attached hydrogens (tertiary/aromatic N) is 4. The van der Waals surface area contributed by atoms with Crippen molar-refractivity contribution in [2.24, 2.45) is 0 Å². The quantitative estimate of drug-likeness (QED) is 0.408. The highest BCUT2D eigenvalue weighted by Crippen LogP contribution is 2.30. The average molecular weight is 433 g/mol. The summed E-state index contributed by atoms with van der Waals surface area (Å²) in [5.41, 5.74) is 1.96. The summed E-state index contributed by atoms with van der Waals surface area (Å²) >= 11 is 1.45. The molecule has 0 aliphatic carbocycles. The summed E-state index contributed by atoms with van der Waals surface area (Å²) < 4.78 is 8.10. The highest BCUT2D eigenvalue weighted by atomic mass is 32.2. The Balaban J connectivity index is 1.43. The number of para-hydroxylation sites is 1. The summed E-state index contributed by atoms with van der Waals surface area (Å²) in [6.07, 6.45) is 3.40. The zero-order valence-electron chi connectivity index (χ0n) is 17.2. The van der Waals surface area contributed by atoms with Crippen LogP contribution >= 0.6 is 11.8 Å². The van der Waals surface area contributed by atoms with E-state index in [-0.39, 0.29) is 5.91 Å². The number of carbonyl (C=O) groups is 1. The van der Waals surface area contributed by atoms with Gasteiger partial charge >= 0.3 is 0 Å². The van der Waals surface area contributed by atoms with Crippen molar-refractivity contribution in [3.8, 4) is 11.6 Å². The second kappa shape index (κ2) is 8.98. The van der Waals surface area contributed by atoms with Crippen molar-refractivity contribution in [1.29, 1.82) is 0 Å². The molecule has 7 heteroatoms. The predicted molar refractivity (Wildman–Crippen MR) is 122 cm³/mol. The molecule has 0 atom stereocenters. The Labute approximate surface area is 185 Å². The van der Waals surface area contributed by atoms with Crippen LogP contribution in [0, 0.1) is 0 Å². The molecule has 1 aliphatic rings. The van der Waals surface area contributed by atoms with Crippen LogP contribution in [0.5, 0.6) is 0 Å². The number of aromatic nitrogens is 3. The predicted octanol–water partition coefficient (Wildman–Crippen LogP) is 4.84. The fraction of sp³-hybridized carbons (Fsp3) is 0.292. The summed E-state index contributed by atoms with van der Waals surface area (Å²) in [6, 6.07) is 20.1. The molecule has 31 heavy (non-hydrogen) atoms. The van der Waals surface area contributed by atoms with Crippen molar-refractivity contribution in [1.82, 2.24) is 19.7 Å². The number of hydrogen-bond donors (Lipinski definition) is 0. The van der Waals surface area contributed by atoms with Crippen LogP contribution in [-0.2, 0) is 11.3 Å². The molecule has 158 valence electrons. The van der Waals surface area contributed by atoms with Crippen molar-refractivity contribution >= 4 is 28.6 Å². The first-order valence-corrected chi connectivity index (χ1v) is 11.6. The second-order valence-electron chi connectivity index (χ2n) is 7.76. The Kier molecular flexibility index (Phi) is 5.76. The molecule has 1 saturated heterocycles. The van der Waals surface area contributed by atoms with Gasteiger partial charge in [0.25, 0.3) is 0 Å². The third-order valence-electron chi connectivity index (χ3n) is 5.58. The minimum atomic E-state index is 0.171. The van der Waals surface area contributed by atoms with Crippen molar-refractivity contribution in [2.45, 2.75) is 31.0 Å². The number of fused-ring (bicyclic) bond motifs is 1. The fourth-order valence-electron chi connectivity index (χ4n) is 3.94. The largest absolute Gasteiger partial charge is 0.453 e. The Morgan fingerprint density at radius 3 is 2.55 bits per heavy atom. The molecule has 1 aliphatic heterocycles. The van der Waals surface area contributed by atoms with Gasteiger partial charge in [0.1, 0.15) is 5.58 Å².